The van der Waals surface area contributed by atoms with E-state index in [2.05, 4.69) is 12.6 Å². The number of fused-ring (bicyclic) bond motifs is 2. The minimum Gasteiger partial charge on any atom is -0.478 e. The standard InChI is InChI=1S/C15H8O4S/c16-13-8-3-1-2-4-9(8)14(17)12-10(13)5-7(20)6-11(12)15(18)19/h1-6,20H,(H,18,19). The predicted molar refractivity (Wildman–Crippen MR) is 74.0 cm³/mol. The number of carboxylic acids is 1. The molecule has 0 saturated carbocycles. The van der Waals surface area contributed by atoms with Gasteiger partial charge in [-0.05, 0) is 12.1 Å². The van der Waals surface area contributed by atoms with E-state index in [1.807, 2.05) is 0 Å². The lowest BCUT2D eigenvalue weighted by Crippen LogP contribution is -2.24. The maximum atomic E-state index is 12.4. The number of ketones is 2. The number of hydrogen-bond donors (Lipinski definition) is 2. The van der Waals surface area contributed by atoms with E-state index >= 15 is 0 Å². The fourth-order valence-electron chi connectivity index (χ4n) is 2.38. The van der Waals surface area contributed by atoms with Gasteiger partial charge in [0.15, 0.2) is 11.6 Å². The molecule has 0 unspecified atom stereocenters. The van der Waals surface area contributed by atoms with Gasteiger partial charge < -0.3 is 5.11 Å². The van der Waals surface area contributed by atoms with Crippen LogP contribution >= 0.6 is 12.6 Å². The SMILES string of the molecule is O=C(O)c1cc(S)cc2c1C(=O)c1ccccc1C2=O. The Morgan fingerprint density at radius 1 is 0.950 bits per heavy atom. The van der Waals surface area contributed by atoms with Crippen LogP contribution in [-0.4, -0.2) is 22.6 Å². The summed E-state index contributed by atoms with van der Waals surface area (Å²) < 4.78 is 0. The van der Waals surface area contributed by atoms with Crippen molar-refractivity contribution in [3.05, 3.63) is 64.2 Å². The minimum atomic E-state index is -1.25. The first-order valence-corrected chi connectivity index (χ1v) is 6.24. The van der Waals surface area contributed by atoms with E-state index in [1.165, 1.54) is 18.2 Å². The summed E-state index contributed by atoms with van der Waals surface area (Å²) in [6.45, 7) is 0. The highest BCUT2D eigenvalue weighted by atomic mass is 32.1. The van der Waals surface area contributed by atoms with Crippen LogP contribution in [-0.2, 0) is 0 Å². The van der Waals surface area contributed by atoms with Crippen molar-refractivity contribution in [2.24, 2.45) is 0 Å². The number of carbonyl (C=O) groups is 3. The molecule has 2 aromatic carbocycles. The van der Waals surface area contributed by atoms with E-state index in [1.54, 1.807) is 18.2 Å². The van der Waals surface area contributed by atoms with Crippen LogP contribution < -0.4 is 0 Å². The number of aromatic carboxylic acids is 1. The smallest absolute Gasteiger partial charge is 0.336 e. The lowest BCUT2D eigenvalue weighted by atomic mass is 9.82. The summed E-state index contributed by atoms with van der Waals surface area (Å²) in [5.74, 6) is -2.05. The molecule has 0 aliphatic heterocycles. The van der Waals surface area contributed by atoms with Crippen molar-refractivity contribution in [2.45, 2.75) is 4.90 Å². The van der Waals surface area contributed by atoms with Gasteiger partial charge in [-0.3, -0.25) is 9.59 Å². The van der Waals surface area contributed by atoms with Gasteiger partial charge in [0, 0.05) is 27.1 Å². The van der Waals surface area contributed by atoms with Gasteiger partial charge in [0.2, 0.25) is 0 Å². The van der Waals surface area contributed by atoms with Crippen LogP contribution in [0.15, 0.2) is 41.3 Å². The number of benzene rings is 2. The second-order valence-electron chi connectivity index (χ2n) is 4.42. The van der Waals surface area contributed by atoms with Crippen LogP contribution in [0.3, 0.4) is 0 Å². The molecular weight excluding hydrogens is 276 g/mol. The minimum absolute atomic E-state index is 0.0565. The molecule has 1 aliphatic carbocycles. The Bertz CT molecular complexity index is 792. The molecule has 0 spiro atoms. The van der Waals surface area contributed by atoms with E-state index in [0.717, 1.165) is 0 Å². The Morgan fingerprint density at radius 2 is 1.55 bits per heavy atom. The molecule has 2 aromatic rings. The zero-order chi connectivity index (χ0) is 14.4. The highest BCUT2D eigenvalue weighted by Gasteiger charge is 2.33. The normalized spacial score (nSPS) is 12.8. The van der Waals surface area contributed by atoms with E-state index in [-0.39, 0.29) is 28.0 Å². The largest absolute Gasteiger partial charge is 0.478 e. The molecule has 0 saturated heterocycles. The first kappa shape index (κ1) is 12.6. The van der Waals surface area contributed by atoms with Crippen LogP contribution in [0.2, 0.25) is 0 Å². The number of carboxylic acid groups (broad SMARTS) is 1. The molecule has 1 aliphatic rings. The highest BCUT2D eigenvalue weighted by Crippen LogP contribution is 2.31. The van der Waals surface area contributed by atoms with Gasteiger partial charge in [-0.1, -0.05) is 24.3 Å². The molecule has 3 rings (SSSR count). The quantitative estimate of drug-likeness (QED) is 0.673. The van der Waals surface area contributed by atoms with Crippen molar-refractivity contribution < 1.29 is 19.5 Å². The van der Waals surface area contributed by atoms with E-state index < -0.39 is 11.8 Å². The average Bonchev–Trinajstić information content (AvgIpc) is 2.43. The Balaban J connectivity index is 2.39. The van der Waals surface area contributed by atoms with E-state index in [4.69, 9.17) is 0 Å². The van der Waals surface area contributed by atoms with Crippen molar-refractivity contribution >= 4 is 30.2 Å². The second-order valence-corrected chi connectivity index (χ2v) is 4.94. The van der Waals surface area contributed by atoms with Crippen LogP contribution in [0.4, 0.5) is 0 Å². The van der Waals surface area contributed by atoms with Gasteiger partial charge in [0.1, 0.15) is 0 Å². The first-order valence-electron chi connectivity index (χ1n) is 5.79. The molecular formula is C15H8O4S. The molecule has 4 nitrogen and oxygen atoms in total. The fraction of sp³-hybridized carbons (Fsp3) is 0. The molecule has 98 valence electrons. The summed E-state index contributed by atoms with van der Waals surface area (Å²) in [5, 5.41) is 9.22. The second kappa shape index (κ2) is 4.31. The van der Waals surface area contributed by atoms with Crippen molar-refractivity contribution in [1.29, 1.82) is 0 Å². The molecule has 0 fully saturated rings. The van der Waals surface area contributed by atoms with Crippen LogP contribution in [0.25, 0.3) is 0 Å². The zero-order valence-electron chi connectivity index (χ0n) is 10.1. The Hall–Kier alpha value is -2.40. The highest BCUT2D eigenvalue weighted by molar-refractivity contribution is 7.80. The Labute approximate surface area is 119 Å². The van der Waals surface area contributed by atoms with Gasteiger partial charge in [0.05, 0.1) is 5.56 Å². The van der Waals surface area contributed by atoms with Crippen molar-refractivity contribution in [3.8, 4) is 0 Å². The summed E-state index contributed by atoms with van der Waals surface area (Å²) in [7, 11) is 0. The predicted octanol–water partition coefficient (Wildman–Crippen LogP) is 2.45. The fourth-order valence-corrected chi connectivity index (χ4v) is 2.64. The lowest BCUT2D eigenvalue weighted by molar-refractivity contribution is 0.0692. The number of thiol groups is 1. The number of carbonyl (C=O) groups excluding carboxylic acids is 2. The lowest BCUT2D eigenvalue weighted by Gasteiger charge is -2.19. The number of hydrogen-bond acceptors (Lipinski definition) is 4. The molecule has 5 heteroatoms. The summed E-state index contributed by atoms with van der Waals surface area (Å²) in [6, 6.07) is 9.10. The third kappa shape index (κ3) is 1.67. The van der Waals surface area contributed by atoms with Gasteiger partial charge in [-0.2, -0.15) is 0 Å². The maximum Gasteiger partial charge on any atom is 0.336 e. The van der Waals surface area contributed by atoms with Crippen molar-refractivity contribution in [1.82, 2.24) is 0 Å². The van der Waals surface area contributed by atoms with E-state index in [9.17, 15) is 19.5 Å². The average molecular weight is 284 g/mol. The van der Waals surface area contributed by atoms with Crippen LogP contribution in [0.5, 0.6) is 0 Å². The Kier molecular flexibility index (Phi) is 2.72. The van der Waals surface area contributed by atoms with Crippen LogP contribution in [0, 0.1) is 0 Å². The third-order valence-corrected chi connectivity index (χ3v) is 3.50. The summed E-state index contributed by atoms with van der Waals surface area (Å²) in [4.78, 5) is 36.5. The van der Waals surface area contributed by atoms with Crippen molar-refractivity contribution in [3.63, 3.8) is 0 Å². The van der Waals surface area contributed by atoms with Gasteiger partial charge >= 0.3 is 5.97 Å². The van der Waals surface area contributed by atoms with Gasteiger partial charge in [-0.25, -0.2) is 4.79 Å². The van der Waals surface area contributed by atoms with E-state index in [0.29, 0.717) is 10.5 Å². The first-order chi connectivity index (χ1) is 9.50. The number of rotatable bonds is 1. The summed E-state index contributed by atoms with van der Waals surface area (Å²) >= 11 is 4.10. The molecule has 0 atom stereocenters. The summed E-state index contributed by atoms with van der Waals surface area (Å²) in [6.07, 6.45) is 0. The molecule has 0 bridgehead atoms. The van der Waals surface area contributed by atoms with Crippen molar-refractivity contribution in [2.75, 3.05) is 0 Å². The Morgan fingerprint density at radius 3 is 2.15 bits per heavy atom. The third-order valence-electron chi connectivity index (χ3n) is 3.24. The maximum absolute atomic E-state index is 12.4. The molecule has 1 N–H and O–H groups in total. The monoisotopic (exact) mass is 284 g/mol. The van der Waals surface area contributed by atoms with Crippen LogP contribution in [0.1, 0.15) is 42.2 Å². The molecule has 0 heterocycles. The zero-order valence-corrected chi connectivity index (χ0v) is 11.0. The van der Waals surface area contributed by atoms with Gasteiger partial charge in [-0.15, -0.1) is 12.6 Å². The molecule has 0 amide bonds. The molecule has 20 heavy (non-hydrogen) atoms. The topological polar surface area (TPSA) is 71.4 Å². The summed E-state index contributed by atoms with van der Waals surface area (Å²) in [5.41, 5.74) is 0.373. The van der Waals surface area contributed by atoms with Gasteiger partial charge in [0.25, 0.3) is 0 Å². The molecule has 0 radical (unpaired) electrons. The molecule has 0 aromatic heterocycles.